The summed E-state index contributed by atoms with van der Waals surface area (Å²) in [6.45, 7) is 8.64. The zero-order valence-corrected chi connectivity index (χ0v) is 12.2. The molecule has 0 fully saturated rings. The van der Waals surface area contributed by atoms with Crippen LogP contribution in [0.2, 0.25) is 0 Å². The van der Waals surface area contributed by atoms with Gasteiger partial charge in [0.15, 0.2) is 11.6 Å². The van der Waals surface area contributed by atoms with E-state index in [1.165, 1.54) is 12.1 Å². The van der Waals surface area contributed by atoms with E-state index in [4.69, 9.17) is 0 Å². The largest absolute Gasteiger partial charge is 0.376 e. The van der Waals surface area contributed by atoms with Crippen molar-refractivity contribution >= 4 is 5.69 Å². The van der Waals surface area contributed by atoms with Crippen LogP contribution < -0.4 is 5.32 Å². The minimum atomic E-state index is -0.850. The molecule has 1 aromatic carbocycles. The van der Waals surface area contributed by atoms with Crippen LogP contribution in [0.15, 0.2) is 18.2 Å². The molecule has 2 rings (SSSR count). The van der Waals surface area contributed by atoms with Crippen LogP contribution in [0.5, 0.6) is 0 Å². The van der Waals surface area contributed by atoms with E-state index in [1.54, 1.807) is 0 Å². The lowest BCUT2D eigenvalue weighted by Gasteiger charge is -2.17. The number of hydrogen-bond acceptors (Lipinski definition) is 2. The second-order valence-corrected chi connectivity index (χ2v) is 4.87. The van der Waals surface area contributed by atoms with Crippen molar-refractivity contribution in [1.29, 1.82) is 0 Å². The van der Waals surface area contributed by atoms with Crippen LogP contribution in [-0.4, -0.2) is 9.78 Å². The minimum Gasteiger partial charge on any atom is -0.376 e. The van der Waals surface area contributed by atoms with Crippen LogP contribution in [0.4, 0.5) is 14.5 Å². The molecule has 0 spiro atoms. The average molecular weight is 279 g/mol. The monoisotopic (exact) mass is 279 g/mol. The lowest BCUT2D eigenvalue weighted by molar-refractivity contribution is 0.510. The smallest absolute Gasteiger partial charge is 0.181 e. The molecule has 0 radical (unpaired) electrons. The van der Waals surface area contributed by atoms with Crippen molar-refractivity contribution in [2.75, 3.05) is 5.32 Å². The van der Waals surface area contributed by atoms with Gasteiger partial charge in [0.1, 0.15) is 0 Å². The topological polar surface area (TPSA) is 29.9 Å². The molecule has 0 aliphatic heterocycles. The van der Waals surface area contributed by atoms with Crippen molar-refractivity contribution in [2.24, 2.45) is 0 Å². The molecule has 2 aromatic rings. The van der Waals surface area contributed by atoms with Gasteiger partial charge in [-0.25, -0.2) is 8.78 Å². The molecule has 5 heteroatoms. The van der Waals surface area contributed by atoms with Crippen LogP contribution in [0, 0.1) is 25.5 Å². The molecule has 1 N–H and O–H groups in total. The number of hydrogen-bond donors (Lipinski definition) is 1. The Balaban J connectivity index is 2.31. The molecule has 108 valence electrons. The molecule has 0 aliphatic rings. The summed E-state index contributed by atoms with van der Waals surface area (Å²) >= 11 is 0. The summed E-state index contributed by atoms with van der Waals surface area (Å²) in [6.07, 6.45) is 0. The van der Waals surface area contributed by atoms with Gasteiger partial charge in [0, 0.05) is 17.8 Å². The first kappa shape index (κ1) is 14.5. The van der Waals surface area contributed by atoms with Crippen LogP contribution in [0.1, 0.15) is 36.8 Å². The van der Waals surface area contributed by atoms with Gasteiger partial charge in [0.05, 0.1) is 17.4 Å². The minimum absolute atomic E-state index is 0.147. The summed E-state index contributed by atoms with van der Waals surface area (Å²) < 4.78 is 28.8. The van der Waals surface area contributed by atoms with E-state index in [2.05, 4.69) is 10.4 Å². The van der Waals surface area contributed by atoms with Crippen molar-refractivity contribution in [1.82, 2.24) is 9.78 Å². The lowest BCUT2D eigenvalue weighted by Crippen LogP contribution is -2.11. The molecule has 0 amide bonds. The third kappa shape index (κ3) is 2.53. The number of aryl methyl sites for hydroxylation is 2. The normalized spacial score (nSPS) is 12.5. The fourth-order valence-electron chi connectivity index (χ4n) is 2.57. The Kier molecular flexibility index (Phi) is 4.06. The van der Waals surface area contributed by atoms with Crippen molar-refractivity contribution < 1.29 is 8.78 Å². The van der Waals surface area contributed by atoms with E-state index in [0.29, 0.717) is 0 Å². The predicted octanol–water partition coefficient (Wildman–Crippen LogP) is 3.97. The maximum Gasteiger partial charge on any atom is 0.181 e. The maximum absolute atomic E-state index is 13.7. The highest BCUT2D eigenvalue weighted by molar-refractivity contribution is 5.48. The Morgan fingerprint density at radius 3 is 2.60 bits per heavy atom. The molecular weight excluding hydrogens is 260 g/mol. The van der Waals surface area contributed by atoms with E-state index in [1.807, 2.05) is 32.4 Å². The van der Waals surface area contributed by atoms with Crippen molar-refractivity contribution in [2.45, 2.75) is 40.3 Å². The third-order valence-electron chi connectivity index (χ3n) is 3.49. The van der Waals surface area contributed by atoms with E-state index >= 15 is 0 Å². The van der Waals surface area contributed by atoms with E-state index < -0.39 is 11.6 Å². The molecule has 1 aromatic heterocycles. The van der Waals surface area contributed by atoms with Gasteiger partial charge in [0.25, 0.3) is 0 Å². The Labute approximate surface area is 117 Å². The number of aromatic nitrogens is 2. The molecule has 1 heterocycles. The van der Waals surface area contributed by atoms with Gasteiger partial charge in [-0.15, -0.1) is 0 Å². The van der Waals surface area contributed by atoms with Gasteiger partial charge in [-0.3, -0.25) is 4.68 Å². The first-order chi connectivity index (χ1) is 9.45. The van der Waals surface area contributed by atoms with Crippen LogP contribution in [0.25, 0.3) is 0 Å². The molecule has 0 saturated heterocycles. The SMILES string of the molecule is CCn1nc(C)c(C(C)Nc2cccc(F)c2F)c1C. The summed E-state index contributed by atoms with van der Waals surface area (Å²) in [5, 5.41) is 7.46. The van der Waals surface area contributed by atoms with Gasteiger partial charge in [-0.1, -0.05) is 6.07 Å². The third-order valence-corrected chi connectivity index (χ3v) is 3.49. The quantitative estimate of drug-likeness (QED) is 0.917. The highest BCUT2D eigenvalue weighted by Crippen LogP contribution is 2.27. The fourth-order valence-corrected chi connectivity index (χ4v) is 2.57. The van der Waals surface area contributed by atoms with E-state index in [0.717, 1.165) is 29.6 Å². The van der Waals surface area contributed by atoms with Crippen LogP contribution >= 0.6 is 0 Å². The Bertz CT molecular complexity index is 620. The zero-order valence-electron chi connectivity index (χ0n) is 12.2. The lowest BCUT2D eigenvalue weighted by atomic mass is 10.1. The van der Waals surface area contributed by atoms with Gasteiger partial charge < -0.3 is 5.32 Å². The second-order valence-electron chi connectivity index (χ2n) is 4.87. The Morgan fingerprint density at radius 2 is 2.00 bits per heavy atom. The molecule has 20 heavy (non-hydrogen) atoms. The molecule has 0 saturated carbocycles. The number of anilines is 1. The summed E-state index contributed by atoms with van der Waals surface area (Å²) in [7, 11) is 0. The summed E-state index contributed by atoms with van der Waals surface area (Å²) in [5.74, 6) is -1.70. The van der Waals surface area contributed by atoms with Gasteiger partial charge in [-0.2, -0.15) is 5.10 Å². The van der Waals surface area contributed by atoms with Gasteiger partial charge in [-0.05, 0) is 39.8 Å². The summed E-state index contributed by atoms with van der Waals surface area (Å²) in [6, 6.07) is 3.98. The number of nitrogens with one attached hydrogen (secondary N) is 1. The molecule has 1 atom stereocenters. The van der Waals surface area contributed by atoms with Gasteiger partial charge in [0.2, 0.25) is 0 Å². The summed E-state index contributed by atoms with van der Waals surface area (Å²) in [5.41, 5.74) is 3.14. The van der Waals surface area contributed by atoms with Gasteiger partial charge >= 0.3 is 0 Å². The molecule has 0 aliphatic carbocycles. The Hall–Kier alpha value is -1.91. The van der Waals surface area contributed by atoms with Crippen molar-refractivity contribution in [3.63, 3.8) is 0 Å². The first-order valence-electron chi connectivity index (χ1n) is 6.70. The highest BCUT2D eigenvalue weighted by Gasteiger charge is 2.18. The average Bonchev–Trinajstić information content (AvgIpc) is 2.69. The van der Waals surface area contributed by atoms with Crippen LogP contribution in [0.3, 0.4) is 0 Å². The molecule has 0 bridgehead atoms. The first-order valence-corrected chi connectivity index (χ1v) is 6.70. The molecule has 1 unspecified atom stereocenters. The van der Waals surface area contributed by atoms with E-state index in [9.17, 15) is 8.78 Å². The predicted molar refractivity (Wildman–Crippen MR) is 75.8 cm³/mol. The number of halogens is 2. The Morgan fingerprint density at radius 1 is 1.30 bits per heavy atom. The summed E-state index contributed by atoms with van der Waals surface area (Å²) in [4.78, 5) is 0. The highest BCUT2D eigenvalue weighted by atomic mass is 19.2. The standard InChI is InChI=1S/C15H19F2N3/c1-5-20-11(4)14(10(3)19-20)9(2)18-13-8-6-7-12(16)15(13)17/h6-9,18H,5H2,1-4H3. The maximum atomic E-state index is 13.7. The number of benzene rings is 1. The van der Waals surface area contributed by atoms with Crippen molar-refractivity contribution in [3.8, 4) is 0 Å². The fraction of sp³-hybridized carbons (Fsp3) is 0.400. The van der Waals surface area contributed by atoms with Crippen molar-refractivity contribution in [3.05, 3.63) is 46.8 Å². The van der Waals surface area contributed by atoms with Crippen LogP contribution in [-0.2, 0) is 6.54 Å². The zero-order chi connectivity index (χ0) is 14.9. The second kappa shape index (κ2) is 5.61. The van der Waals surface area contributed by atoms with E-state index in [-0.39, 0.29) is 11.7 Å². The molecular formula is C15H19F2N3. The number of nitrogens with zero attached hydrogens (tertiary/aromatic N) is 2. The molecule has 3 nitrogen and oxygen atoms in total. The number of rotatable bonds is 4.